The molecule has 0 rings (SSSR count). The second-order valence-corrected chi connectivity index (χ2v) is 21.6. The fourth-order valence-electron chi connectivity index (χ4n) is 8.78. The van der Waals surface area contributed by atoms with Crippen LogP contribution in [0.4, 0.5) is 0 Å². The number of esters is 3. The number of allylic oxidation sites excluding steroid dienone is 28. The van der Waals surface area contributed by atoms with Crippen LogP contribution in [0.2, 0.25) is 0 Å². The highest BCUT2D eigenvalue weighted by molar-refractivity contribution is 5.71. The Bertz CT molecular complexity index is 1890. The Kier molecular flexibility index (Phi) is 64.9. The van der Waals surface area contributed by atoms with Gasteiger partial charge in [0.25, 0.3) is 0 Å². The van der Waals surface area contributed by atoms with Gasteiger partial charge >= 0.3 is 17.9 Å². The lowest BCUT2D eigenvalue weighted by atomic mass is 10.0. The van der Waals surface area contributed by atoms with E-state index in [2.05, 4.69) is 191 Å². The molecule has 83 heavy (non-hydrogen) atoms. The molecule has 1 atom stereocenters. The molecule has 1 unspecified atom stereocenters. The van der Waals surface area contributed by atoms with Gasteiger partial charge in [0.05, 0.1) is 0 Å². The molecule has 0 aliphatic rings. The van der Waals surface area contributed by atoms with Crippen LogP contribution in [0, 0.1) is 0 Å². The van der Waals surface area contributed by atoms with Gasteiger partial charge in [-0.05, 0) is 148 Å². The highest BCUT2D eigenvalue weighted by Gasteiger charge is 2.19. The van der Waals surface area contributed by atoms with Crippen LogP contribution < -0.4 is 0 Å². The number of rotatable bonds is 59. The van der Waals surface area contributed by atoms with Crippen LogP contribution in [0.5, 0.6) is 0 Å². The number of carbonyl (C=O) groups is 3. The molecular weight excluding hydrogens is 1020 g/mol. The molecule has 0 amide bonds. The zero-order chi connectivity index (χ0) is 59.9. The van der Waals surface area contributed by atoms with E-state index in [-0.39, 0.29) is 31.1 Å². The number of hydrogen-bond acceptors (Lipinski definition) is 6. The predicted molar refractivity (Wildman–Crippen MR) is 361 cm³/mol. The summed E-state index contributed by atoms with van der Waals surface area (Å²) in [5.41, 5.74) is 0. The Balaban J connectivity index is 4.49. The Labute approximate surface area is 511 Å². The van der Waals surface area contributed by atoms with Crippen LogP contribution in [0.1, 0.15) is 278 Å². The van der Waals surface area contributed by atoms with Crippen molar-refractivity contribution in [2.75, 3.05) is 13.2 Å². The van der Waals surface area contributed by atoms with E-state index in [4.69, 9.17) is 14.2 Å². The minimum Gasteiger partial charge on any atom is -0.462 e. The molecule has 0 aromatic heterocycles. The van der Waals surface area contributed by atoms with Gasteiger partial charge in [-0.3, -0.25) is 14.4 Å². The summed E-state index contributed by atoms with van der Waals surface area (Å²) in [4.78, 5) is 38.5. The molecule has 0 radical (unpaired) electrons. The van der Waals surface area contributed by atoms with Crippen molar-refractivity contribution in [3.63, 3.8) is 0 Å². The molecule has 0 heterocycles. The summed E-state index contributed by atoms with van der Waals surface area (Å²) < 4.78 is 16.9. The maximum absolute atomic E-state index is 13.0. The number of hydrogen-bond donors (Lipinski definition) is 0. The molecule has 0 N–H and O–H groups in total. The molecule has 0 fully saturated rings. The van der Waals surface area contributed by atoms with E-state index in [0.29, 0.717) is 19.3 Å². The van der Waals surface area contributed by atoms with Crippen molar-refractivity contribution in [2.24, 2.45) is 0 Å². The molecular formula is C77H122O6. The minimum absolute atomic E-state index is 0.105. The van der Waals surface area contributed by atoms with Gasteiger partial charge in [-0.1, -0.05) is 281 Å². The lowest BCUT2D eigenvalue weighted by molar-refractivity contribution is -0.167. The van der Waals surface area contributed by atoms with E-state index in [9.17, 15) is 14.4 Å². The second-order valence-electron chi connectivity index (χ2n) is 21.6. The molecule has 6 heteroatoms. The van der Waals surface area contributed by atoms with Gasteiger partial charge < -0.3 is 14.2 Å². The lowest BCUT2D eigenvalue weighted by Gasteiger charge is -2.18. The quantitative estimate of drug-likeness (QED) is 0.0261. The molecule has 0 saturated heterocycles. The second kappa shape index (κ2) is 69.3. The summed E-state index contributed by atoms with van der Waals surface area (Å²) in [6.07, 6.45) is 102. The van der Waals surface area contributed by atoms with Crippen LogP contribution in [0.15, 0.2) is 170 Å². The first-order valence-electron chi connectivity index (χ1n) is 33.6. The average Bonchev–Trinajstić information content (AvgIpc) is 3.50. The highest BCUT2D eigenvalue weighted by Crippen LogP contribution is 2.15. The summed E-state index contributed by atoms with van der Waals surface area (Å²) in [5, 5.41) is 0. The molecule has 0 aromatic carbocycles. The van der Waals surface area contributed by atoms with Crippen molar-refractivity contribution >= 4 is 17.9 Å². The first-order chi connectivity index (χ1) is 41.0. The van der Waals surface area contributed by atoms with E-state index in [1.54, 1.807) is 0 Å². The summed E-state index contributed by atoms with van der Waals surface area (Å²) in [7, 11) is 0. The Morgan fingerprint density at radius 3 is 0.687 bits per heavy atom. The van der Waals surface area contributed by atoms with Gasteiger partial charge in [0.2, 0.25) is 0 Å². The summed E-state index contributed by atoms with van der Waals surface area (Å²) in [5.74, 6) is -0.960. The van der Waals surface area contributed by atoms with Crippen LogP contribution in [0.3, 0.4) is 0 Å². The van der Waals surface area contributed by atoms with Crippen LogP contribution in [-0.4, -0.2) is 37.2 Å². The van der Waals surface area contributed by atoms with Crippen LogP contribution >= 0.6 is 0 Å². The molecule has 0 aliphatic heterocycles. The van der Waals surface area contributed by atoms with Gasteiger partial charge in [-0.25, -0.2) is 0 Å². The largest absolute Gasteiger partial charge is 0.462 e. The standard InChI is InChI=1S/C77H122O6/c1-4-7-10-13-16-19-22-25-28-31-34-36-37-38-39-41-43-46-49-52-55-58-61-64-67-70-76(79)82-73-74(72-81-75(78)69-66-63-60-57-54-51-48-45-42-33-30-27-24-21-18-15-12-9-6-3)83-77(80)71-68-65-62-59-56-53-50-47-44-40-35-32-29-26-23-20-17-14-11-8-5-2/h7-12,16-21,25-30,34-36,40,42,45,47,50-51,54,74H,4-6,13-15,22-24,31-33,37-39,41,43-44,46,48-49,52-53,55-73H2,1-3H3/b10-7-,11-8-,12-9-,19-16-,20-17-,21-18-,28-25-,29-26-,30-27-,36-34-,40-35-,45-42-,50-47-,54-51-. The lowest BCUT2D eigenvalue weighted by Crippen LogP contribution is -2.30. The summed E-state index contributed by atoms with van der Waals surface area (Å²) in [6.45, 7) is 6.26. The zero-order valence-corrected chi connectivity index (χ0v) is 53.4. The molecule has 0 aromatic rings. The Morgan fingerprint density at radius 2 is 0.434 bits per heavy atom. The number of ether oxygens (including phenoxy) is 3. The highest BCUT2D eigenvalue weighted by atomic mass is 16.6. The SMILES string of the molecule is CC/C=C\C/C=C\C/C=C\C/C=C\C/C=C\CCCCCCCC(=O)OC(COC(=O)CCCCC/C=C\C/C=C\C/C=C\C/C=C\C/C=C\CC)COC(=O)CCCCCCCCCCCCCC/C=C\C/C=C\C/C=C\C/C=C\CC. The molecule has 0 spiro atoms. The third-order valence-corrected chi connectivity index (χ3v) is 13.7. The van der Waals surface area contributed by atoms with Crippen molar-refractivity contribution in [2.45, 2.75) is 284 Å². The van der Waals surface area contributed by atoms with Gasteiger partial charge in [0, 0.05) is 19.3 Å². The average molecular weight is 1140 g/mol. The fraction of sp³-hybridized carbons (Fsp3) is 0.597. The van der Waals surface area contributed by atoms with E-state index >= 15 is 0 Å². The van der Waals surface area contributed by atoms with Crippen LogP contribution in [-0.2, 0) is 28.6 Å². The molecule has 0 aliphatic carbocycles. The van der Waals surface area contributed by atoms with Crippen molar-refractivity contribution in [3.8, 4) is 0 Å². The van der Waals surface area contributed by atoms with Crippen molar-refractivity contribution in [3.05, 3.63) is 170 Å². The minimum atomic E-state index is -0.815. The van der Waals surface area contributed by atoms with Crippen molar-refractivity contribution in [1.29, 1.82) is 0 Å². The monoisotopic (exact) mass is 1140 g/mol. The maximum Gasteiger partial charge on any atom is 0.306 e. The molecule has 0 saturated carbocycles. The van der Waals surface area contributed by atoms with Gasteiger partial charge in [0.15, 0.2) is 6.10 Å². The van der Waals surface area contributed by atoms with Gasteiger partial charge in [0.1, 0.15) is 13.2 Å². The maximum atomic E-state index is 13.0. The third kappa shape index (κ3) is 67.4. The Morgan fingerprint density at radius 1 is 0.241 bits per heavy atom. The topological polar surface area (TPSA) is 78.9 Å². The molecule has 466 valence electrons. The van der Waals surface area contributed by atoms with E-state index in [1.807, 2.05) is 0 Å². The fourth-order valence-corrected chi connectivity index (χ4v) is 8.78. The van der Waals surface area contributed by atoms with Gasteiger partial charge in [-0.15, -0.1) is 0 Å². The van der Waals surface area contributed by atoms with E-state index in [0.717, 1.165) is 173 Å². The van der Waals surface area contributed by atoms with Crippen molar-refractivity contribution in [1.82, 2.24) is 0 Å². The van der Waals surface area contributed by atoms with Crippen LogP contribution in [0.25, 0.3) is 0 Å². The molecule has 6 nitrogen and oxygen atoms in total. The third-order valence-electron chi connectivity index (χ3n) is 13.7. The van der Waals surface area contributed by atoms with Crippen molar-refractivity contribution < 1.29 is 28.6 Å². The zero-order valence-electron chi connectivity index (χ0n) is 53.4. The Hall–Kier alpha value is -5.23. The predicted octanol–water partition coefficient (Wildman–Crippen LogP) is 23.4. The first-order valence-corrected chi connectivity index (χ1v) is 33.6. The number of unbranched alkanes of at least 4 members (excludes halogenated alkanes) is 20. The summed E-state index contributed by atoms with van der Waals surface area (Å²) in [6, 6.07) is 0. The smallest absolute Gasteiger partial charge is 0.306 e. The first kappa shape index (κ1) is 77.8. The van der Waals surface area contributed by atoms with E-state index < -0.39 is 6.10 Å². The summed E-state index contributed by atoms with van der Waals surface area (Å²) >= 11 is 0. The number of carbonyl (C=O) groups excluding carboxylic acids is 3. The normalized spacial score (nSPS) is 13.2. The van der Waals surface area contributed by atoms with E-state index in [1.165, 1.54) is 64.2 Å². The van der Waals surface area contributed by atoms with Gasteiger partial charge in [-0.2, -0.15) is 0 Å². The molecule has 0 bridgehead atoms.